The summed E-state index contributed by atoms with van der Waals surface area (Å²) in [7, 11) is 0. The molecule has 0 saturated carbocycles. The molecule has 4 amide bonds. The Bertz CT molecular complexity index is 964. The van der Waals surface area contributed by atoms with Gasteiger partial charge in [0.25, 0.3) is 0 Å². The lowest BCUT2D eigenvalue weighted by Gasteiger charge is -2.36. The molecule has 158 valence electrons. The summed E-state index contributed by atoms with van der Waals surface area (Å²) in [6.45, 7) is 6.93. The van der Waals surface area contributed by atoms with Crippen LogP contribution in [0, 0.1) is 18.6 Å². The van der Waals surface area contributed by atoms with Gasteiger partial charge in [0.05, 0.1) is 11.4 Å². The molecule has 1 heterocycles. The first kappa shape index (κ1) is 21.3. The number of carbonyl (C=O) groups excluding carboxylic acids is 2. The van der Waals surface area contributed by atoms with E-state index in [4.69, 9.17) is 0 Å². The van der Waals surface area contributed by atoms with E-state index in [2.05, 4.69) is 17.2 Å². The summed E-state index contributed by atoms with van der Waals surface area (Å²) in [6.07, 6.45) is 2.27. The van der Waals surface area contributed by atoms with Crippen molar-refractivity contribution in [3.05, 3.63) is 71.8 Å². The fraction of sp³-hybridized carbons (Fsp3) is 0.273. The molecule has 3 rings (SSSR count). The fourth-order valence-corrected chi connectivity index (χ4v) is 3.33. The summed E-state index contributed by atoms with van der Waals surface area (Å²) >= 11 is 0. The van der Waals surface area contributed by atoms with Gasteiger partial charge in [-0.2, -0.15) is 0 Å². The molecule has 8 heteroatoms. The van der Waals surface area contributed by atoms with Gasteiger partial charge >= 0.3 is 12.1 Å². The summed E-state index contributed by atoms with van der Waals surface area (Å²) < 4.78 is 26.7. The first-order valence-electron chi connectivity index (χ1n) is 9.66. The predicted molar refractivity (Wildman–Crippen MR) is 113 cm³/mol. The molecule has 1 aliphatic rings. The zero-order valence-corrected chi connectivity index (χ0v) is 16.8. The van der Waals surface area contributed by atoms with Crippen LogP contribution in [0.25, 0.3) is 0 Å². The van der Waals surface area contributed by atoms with E-state index < -0.39 is 17.7 Å². The zero-order chi connectivity index (χ0) is 21.7. The Morgan fingerprint density at radius 2 is 1.97 bits per heavy atom. The number of amides is 4. The van der Waals surface area contributed by atoms with Crippen LogP contribution in [0.3, 0.4) is 0 Å². The van der Waals surface area contributed by atoms with Gasteiger partial charge in [0, 0.05) is 26.2 Å². The van der Waals surface area contributed by atoms with Crippen LogP contribution in [0.15, 0.2) is 49.1 Å². The summed E-state index contributed by atoms with van der Waals surface area (Å²) in [4.78, 5) is 28.4. The van der Waals surface area contributed by atoms with Crippen LogP contribution in [0.1, 0.15) is 17.5 Å². The van der Waals surface area contributed by atoms with Crippen molar-refractivity contribution >= 4 is 23.4 Å². The number of hydrogen-bond donors (Lipinski definition) is 2. The molecule has 1 aliphatic heterocycles. The minimum Gasteiger partial charge on any atom is -0.334 e. The van der Waals surface area contributed by atoms with Crippen molar-refractivity contribution in [2.75, 3.05) is 29.9 Å². The molecular formula is C22H24F2N4O2. The molecule has 30 heavy (non-hydrogen) atoms. The molecule has 1 saturated heterocycles. The summed E-state index contributed by atoms with van der Waals surface area (Å²) in [5.74, 6) is -1.86. The van der Waals surface area contributed by atoms with Gasteiger partial charge < -0.3 is 15.5 Å². The lowest BCUT2D eigenvalue weighted by atomic mass is 10.1. The molecule has 2 aromatic rings. The van der Waals surface area contributed by atoms with E-state index in [9.17, 15) is 18.4 Å². The van der Waals surface area contributed by atoms with Crippen LogP contribution >= 0.6 is 0 Å². The van der Waals surface area contributed by atoms with Gasteiger partial charge in [0.1, 0.15) is 0 Å². The number of halogens is 2. The number of rotatable bonds is 6. The van der Waals surface area contributed by atoms with E-state index in [-0.39, 0.29) is 12.6 Å². The van der Waals surface area contributed by atoms with Crippen LogP contribution in [-0.4, -0.2) is 36.6 Å². The topological polar surface area (TPSA) is 64.7 Å². The van der Waals surface area contributed by atoms with Gasteiger partial charge in [-0.1, -0.05) is 18.2 Å². The van der Waals surface area contributed by atoms with Crippen LogP contribution in [0.4, 0.5) is 29.7 Å². The average Bonchev–Trinajstić information content (AvgIpc) is 2.71. The van der Waals surface area contributed by atoms with E-state index in [1.54, 1.807) is 28.0 Å². The van der Waals surface area contributed by atoms with Crippen molar-refractivity contribution in [3.8, 4) is 0 Å². The minimum absolute atomic E-state index is 0.168. The highest BCUT2D eigenvalue weighted by Crippen LogP contribution is 2.30. The summed E-state index contributed by atoms with van der Waals surface area (Å²) in [5, 5.41) is 5.43. The van der Waals surface area contributed by atoms with Crippen LogP contribution < -0.4 is 15.5 Å². The highest BCUT2D eigenvalue weighted by molar-refractivity contribution is 6.00. The molecule has 2 N–H and O–H groups in total. The lowest BCUT2D eigenvalue weighted by Crippen LogP contribution is -2.49. The number of benzene rings is 2. The smallest absolute Gasteiger partial charge is 0.324 e. The van der Waals surface area contributed by atoms with Crippen LogP contribution in [0.5, 0.6) is 0 Å². The molecule has 0 bridgehead atoms. The maximum Gasteiger partial charge on any atom is 0.324 e. The van der Waals surface area contributed by atoms with Gasteiger partial charge in [-0.3, -0.25) is 4.90 Å². The van der Waals surface area contributed by atoms with Crippen LogP contribution in [-0.2, 0) is 6.54 Å². The molecule has 0 atom stereocenters. The minimum atomic E-state index is -0.940. The number of aryl methyl sites for hydroxylation is 1. The van der Waals surface area contributed by atoms with E-state index in [0.29, 0.717) is 43.0 Å². The Morgan fingerprint density at radius 1 is 1.17 bits per heavy atom. The van der Waals surface area contributed by atoms with Gasteiger partial charge in [0.15, 0.2) is 11.6 Å². The van der Waals surface area contributed by atoms with E-state index in [0.717, 1.165) is 17.7 Å². The largest absolute Gasteiger partial charge is 0.334 e. The average molecular weight is 414 g/mol. The third-order valence-corrected chi connectivity index (χ3v) is 4.77. The zero-order valence-electron chi connectivity index (χ0n) is 16.8. The van der Waals surface area contributed by atoms with Gasteiger partial charge in [0.2, 0.25) is 0 Å². The molecule has 0 radical (unpaired) electrons. The second-order valence-corrected chi connectivity index (χ2v) is 7.10. The van der Waals surface area contributed by atoms with E-state index in [1.807, 2.05) is 13.0 Å². The maximum absolute atomic E-state index is 13.5. The first-order chi connectivity index (χ1) is 14.4. The Labute approximate surface area is 174 Å². The first-order valence-corrected chi connectivity index (χ1v) is 9.66. The molecule has 0 aromatic heterocycles. The third-order valence-electron chi connectivity index (χ3n) is 4.77. The lowest BCUT2D eigenvalue weighted by molar-refractivity contribution is 0.192. The maximum atomic E-state index is 13.5. The van der Waals surface area contributed by atoms with Crippen LogP contribution in [0.2, 0.25) is 0 Å². The summed E-state index contributed by atoms with van der Waals surface area (Å²) in [6, 6.07) is 8.42. The normalized spacial score (nSPS) is 13.9. The summed E-state index contributed by atoms with van der Waals surface area (Å²) in [5.41, 5.74) is 2.53. The Kier molecular flexibility index (Phi) is 6.66. The molecule has 1 fully saturated rings. The number of nitrogens with zero attached hydrogens (tertiary/aromatic N) is 2. The second kappa shape index (κ2) is 9.39. The Morgan fingerprint density at radius 3 is 2.70 bits per heavy atom. The highest BCUT2D eigenvalue weighted by Gasteiger charge is 2.28. The number of urea groups is 2. The van der Waals surface area contributed by atoms with Crippen molar-refractivity contribution in [2.24, 2.45) is 0 Å². The SMILES string of the molecule is C=CCNC(=O)Nc1cc(C)ccc1N1CCCN(Cc2ccc(F)c(F)c2)C1=O. The molecule has 0 unspecified atom stereocenters. The van der Waals surface area contributed by atoms with E-state index >= 15 is 0 Å². The molecule has 2 aromatic carbocycles. The molecule has 0 spiro atoms. The number of anilines is 2. The molecular weight excluding hydrogens is 390 g/mol. The highest BCUT2D eigenvalue weighted by atomic mass is 19.2. The van der Waals surface area contributed by atoms with Crippen molar-refractivity contribution in [1.29, 1.82) is 0 Å². The monoisotopic (exact) mass is 414 g/mol. The van der Waals surface area contributed by atoms with Gasteiger partial charge in [-0.25, -0.2) is 18.4 Å². The van der Waals surface area contributed by atoms with Crippen molar-refractivity contribution < 1.29 is 18.4 Å². The predicted octanol–water partition coefficient (Wildman–Crippen LogP) is 4.41. The fourth-order valence-electron chi connectivity index (χ4n) is 3.33. The van der Waals surface area contributed by atoms with E-state index in [1.165, 1.54) is 6.07 Å². The quantitative estimate of drug-likeness (QED) is 0.688. The van der Waals surface area contributed by atoms with Crippen molar-refractivity contribution in [2.45, 2.75) is 19.9 Å². The Balaban J connectivity index is 1.81. The van der Waals surface area contributed by atoms with Gasteiger partial charge in [-0.05, 0) is 48.7 Å². The van der Waals surface area contributed by atoms with Gasteiger partial charge in [-0.15, -0.1) is 6.58 Å². The number of nitrogens with one attached hydrogen (secondary N) is 2. The standard InChI is InChI=1S/C22H24F2N4O2/c1-3-9-25-21(29)26-19-12-15(2)5-8-20(19)28-11-4-10-27(22(28)30)14-16-6-7-17(23)18(24)13-16/h3,5-8,12-13H,1,4,9-11,14H2,2H3,(H2,25,26,29). The molecule has 0 aliphatic carbocycles. The second-order valence-electron chi connectivity index (χ2n) is 7.10. The number of carbonyl (C=O) groups is 2. The third kappa shape index (κ3) is 4.94. The number of hydrogen-bond acceptors (Lipinski definition) is 2. The molecule has 6 nitrogen and oxygen atoms in total. The van der Waals surface area contributed by atoms with Crippen molar-refractivity contribution in [1.82, 2.24) is 10.2 Å². The van der Waals surface area contributed by atoms with Crippen molar-refractivity contribution in [3.63, 3.8) is 0 Å². The Hall–Kier alpha value is -3.42.